The summed E-state index contributed by atoms with van der Waals surface area (Å²) in [6.45, 7) is 17.9. The van der Waals surface area contributed by atoms with Crippen LogP contribution in [0.4, 0.5) is 95.6 Å². The second kappa shape index (κ2) is 29.6. The van der Waals surface area contributed by atoms with Crippen LogP contribution in [0.15, 0.2) is 109 Å². The van der Waals surface area contributed by atoms with E-state index >= 15 is 0 Å². The molecule has 6 aromatic rings. The maximum absolute atomic E-state index is 14.5. The number of alkyl halides is 14. The number of nitriles is 2. The number of nitrogen functional groups attached to an aromatic ring is 1. The van der Waals surface area contributed by atoms with Gasteiger partial charge in [-0.25, -0.2) is 18.5 Å². The Morgan fingerprint density at radius 1 is 0.535 bits per heavy atom. The van der Waals surface area contributed by atoms with Gasteiger partial charge in [0, 0.05) is 44.8 Å². The largest absolute Gasteiger partial charge is 1.00 e. The van der Waals surface area contributed by atoms with E-state index in [2.05, 4.69) is 30.5 Å². The Morgan fingerprint density at radius 3 is 1.13 bits per heavy atom. The summed E-state index contributed by atoms with van der Waals surface area (Å²) in [5.74, 6) is -2.31. The third kappa shape index (κ3) is 17.3. The normalized spacial score (nSPS) is 11.2. The molecule has 0 atom stereocenters. The third-order valence-corrected chi connectivity index (χ3v) is 11.7. The van der Waals surface area contributed by atoms with Crippen molar-refractivity contribution in [2.75, 3.05) is 21.7 Å². The molecule has 3 amide bonds. The van der Waals surface area contributed by atoms with Crippen molar-refractivity contribution in [2.45, 2.75) is 63.7 Å². The van der Waals surface area contributed by atoms with Gasteiger partial charge in [-0.3, -0.25) is 24.0 Å². The van der Waals surface area contributed by atoms with E-state index in [4.69, 9.17) is 45.8 Å². The smallest absolute Gasteiger partial charge is 0.662 e. The van der Waals surface area contributed by atoms with Crippen LogP contribution >= 0.6 is 11.6 Å². The minimum Gasteiger partial charge on any atom is -0.662 e. The molecule has 0 fully saturated rings. The fourth-order valence-corrected chi connectivity index (χ4v) is 7.43. The van der Waals surface area contributed by atoms with Gasteiger partial charge in [0.05, 0.1) is 35.6 Å². The Morgan fingerprint density at radius 2 is 0.837 bits per heavy atom. The van der Waals surface area contributed by atoms with E-state index in [-0.39, 0.29) is 109 Å². The Bertz CT molecular complexity index is 3610. The number of aryl methyl sites for hydroxylation is 4. The summed E-state index contributed by atoms with van der Waals surface area (Å²) in [4.78, 5) is 66.1. The predicted molar refractivity (Wildman–Crippen MR) is 275 cm³/mol. The van der Waals surface area contributed by atoms with Crippen molar-refractivity contribution in [2.24, 2.45) is 0 Å². The number of nitrogens with two attached hydrogens (primary N) is 1. The van der Waals surface area contributed by atoms with E-state index in [1.807, 2.05) is 6.07 Å². The molecule has 444 valence electrons. The number of carbonyl (C=O) groups excluding carboxylic acids is 5. The summed E-state index contributed by atoms with van der Waals surface area (Å²) >= 11 is 5.18. The average Bonchev–Trinajstić information content (AvgIpc) is 0.771. The number of rotatable bonds is 10. The van der Waals surface area contributed by atoms with Gasteiger partial charge >= 0.3 is 65.6 Å². The molecular weight excluding hydrogens is 1210 g/mol. The molecule has 0 saturated carbocycles. The zero-order chi connectivity index (χ0) is 64.8. The molecule has 0 saturated heterocycles. The number of carbonyl (C=O) groups is 5. The molecule has 0 heterocycles. The SMILES string of the molecule is Cc1cc(C(F)(C(F)(F)F)C(F)(F)F)cc(C)c1NC(=O)c1ccc(C#N)c(N)c1.O=CO[O-].[C-]#[N+]c1ccc(C(=O)Cl)cc1.[C-]#[N+]c1ccc(C(=O)Nc2cc(C(=O)Nc3c(C)cc(C(F)(C(F)(F)F)C(F)(F)F)cc3C)ccc2C#N)cc1.[Na+]. The van der Waals surface area contributed by atoms with Gasteiger partial charge in [0.1, 0.15) is 12.1 Å². The summed E-state index contributed by atoms with van der Waals surface area (Å²) < 4.78 is 186. The second-order valence-corrected chi connectivity index (χ2v) is 17.6. The minimum absolute atomic E-state index is 0. The zero-order valence-corrected chi connectivity index (χ0v) is 47.1. The van der Waals surface area contributed by atoms with Crippen molar-refractivity contribution in [3.05, 3.63) is 199 Å². The molecule has 0 aliphatic carbocycles. The van der Waals surface area contributed by atoms with Crippen molar-refractivity contribution in [3.63, 3.8) is 0 Å². The standard InChI is InChI=1S/C27H17F7N4O2.C19H14F7N3O.C8H4ClNO.CH2O3.Na/c1-14-10-19(25(28,26(29,30)31)27(32,33)34)11-15(2)22(14)38-24(40)17-4-5-18(13-35)21(12-17)37-23(39)16-6-8-20(36-3)9-7-16;1-9-5-13(17(20,18(21,22)23)19(24,25)26)6-10(2)15(9)29-16(30)11-3-4-12(8-27)14(28)7-11;1-10-7-4-2-6(3-5-7)8(9)11;2-1-4-3;/h4-12H,1-2H3,(H,37,39)(H,38,40);3-7H,28H2,1-2H3,(H,29,30);2-5H;1,3H;/q;;;;+1/p-1. The summed E-state index contributed by atoms with van der Waals surface area (Å²) in [6.07, 6.45) is -25.1. The quantitative estimate of drug-likeness (QED) is 0.0148. The number of halogens is 15. The van der Waals surface area contributed by atoms with Gasteiger partial charge < -0.3 is 31.8 Å². The van der Waals surface area contributed by atoms with Gasteiger partial charge in [0.2, 0.25) is 0 Å². The molecule has 86 heavy (non-hydrogen) atoms. The minimum atomic E-state index is -6.29. The Labute approximate surface area is 504 Å². The van der Waals surface area contributed by atoms with Crippen LogP contribution in [0.25, 0.3) is 9.69 Å². The monoisotopic (exact) mass is 1240 g/mol. The molecule has 6 rings (SSSR count). The van der Waals surface area contributed by atoms with Crippen LogP contribution in [0.1, 0.15) is 85.9 Å². The van der Waals surface area contributed by atoms with Crippen molar-refractivity contribution in [3.8, 4) is 12.1 Å². The molecule has 0 bridgehead atoms. The fraction of sp³-hybridized carbons (Fsp3) is 0.182. The molecule has 6 aromatic carbocycles. The van der Waals surface area contributed by atoms with Crippen LogP contribution in [-0.4, -0.2) is 54.1 Å². The molecular formula is C55H36ClF14N8NaO7. The van der Waals surface area contributed by atoms with Gasteiger partial charge in [0.15, 0.2) is 11.4 Å². The molecule has 0 spiro atoms. The zero-order valence-electron chi connectivity index (χ0n) is 44.4. The van der Waals surface area contributed by atoms with E-state index in [1.54, 1.807) is 18.2 Å². The Balaban J connectivity index is 0.000000478. The number of hydrogen-bond acceptors (Lipinski definition) is 10. The number of nitrogens with one attached hydrogen (secondary N) is 3. The summed E-state index contributed by atoms with van der Waals surface area (Å²) in [5, 5.41) is 33.4. The number of amides is 3. The second-order valence-electron chi connectivity index (χ2n) is 17.2. The van der Waals surface area contributed by atoms with Crippen molar-refractivity contribution in [1.29, 1.82) is 10.5 Å². The van der Waals surface area contributed by atoms with E-state index in [9.17, 15) is 85.9 Å². The maximum Gasteiger partial charge on any atom is 1.00 e. The first-order valence-electron chi connectivity index (χ1n) is 22.8. The first-order valence-corrected chi connectivity index (χ1v) is 23.2. The molecule has 0 aromatic heterocycles. The van der Waals surface area contributed by atoms with Gasteiger partial charge in [-0.05, 0) is 97.9 Å². The summed E-state index contributed by atoms with van der Waals surface area (Å²) in [7, 11) is 0. The van der Waals surface area contributed by atoms with Crippen molar-refractivity contribution < 1.29 is 125 Å². The topological polar surface area (TPSA) is 236 Å². The number of nitrogens with zero attached hydrogens (tertiary/aromatic N) is 4. The van der Waals surface area contributed by atoms with Crippen LogP contribution in [0.3, 0.4) is 0 Å². The molecule has 5 N–H and O–H groups in total. The van der Waals surface area contributed by atoms with Gasteiger partial charge in [-0.1, -0.05) is 72.8 Å². The maximum atomic E-state index is 14.5. The Kier molecular flexibility index (Phi) is 25.1. The van der Waals surface area contributed by atoms with Crippen LogP contribution in [-0.2, 0) is 21.0 Å². The molecule has 31 heteroatoms. The number of anilines is 4. The molecule has 0 aliphatic heterocycles. The first-order chi connectivity index (χ1) is 39.3. The van der Waals surface area contributed by atoms with Crippen LogP contribution < -0.4 is 56.5 Å². The average molecular weight is 1250 g/mol. The van der Waals surface area contributed by atoms with Crippen LogP contribution in [0, 0.1) is 63.5 Å². The van der Waals surface area contributed by atoms with E-state index in [0.29, 0.717) is 41.2 Å². The predicted octanol–water partition coefficient (Wildman–Crippen LogP) is 10.9. The summed E-state index contributed by atoms with van der Waals surface area (Å²) in [5.41, 5.74) is -8.84. The van der Waals surface area contributed by atoms with Gasteiger partial charge in [0.25, 0.3) is 29.4 Å². The molecule has 0 unspecified atom stereocenters. The van der Waals surface area contributed by atoms with Crippen LogP contribution in [0.2, 0.25) is 0 Å². The molecule has 0 radical (unpaired) electrons. The number of benzene rings is 6. The Hall–Kier alpha value is -9.10. The van der Waals surface area contributed by atoms with Crippen LogP contribution in [0.5, 0.6) is 0 Å². The van der Waals surface area contributed by atoms with Gasteiger partial charge in [-0.2, -0.15) is 63.2 Å². The van der Waals surface area contributed by atoms with Crippen molar-refractivity contribution in [1.82, 2.24) is 0 Å². The first kappa shape index (κ1) is 73.0. The third-order valence-electron chi connectivity index (χ3n) is 11.5. The van der Waals surface area contributed by atoms with E-state index < -0.39 is 70.1 Å². The fourth-order valence-electron chi connectivity index (χ4n) is 7.31. The molecule has 0 aliphatic rings. The summed E-state index contributed by atoms with van der Waals surface area (Å²) in [6, 6.07) is 24.2. The van der Waals surface area contributed by atoms with Crippen molar-refractivity contribution >= 4 is 75.2 Å². The van der Waals surface area contributed by atoms with E-state index in [0.717, 1.165) is 33.8 Å². The van der Waals surface area contributed by atoms with E-state index in [1.165, 1.54) is 66.7 Å². The van der Waals surface area contributed by atoms with Gasteiger partial charge in [-0.15, -0.1) is 0 Å². The number of hydrogen-bond donors (Lipinski definition) is 4. The molecule has 15 nitrogen and oxygen atoms in total.